The number of likely N-dealkylation sites (tertiary alicyclic amines) is 2. The van der Waals surface area contributed by atoms with Gasteiger partial charge in [-0.05, 0) is 57.5 Å². The van der Waals surface area contributed by atoms with E-state index >= 15 is 0 Å². The molecule has 0 saturated carbocycles. The maximum atomic E-state index is 14.1. The molecule has 2 aliphatic rings. The molecule has 0 unspecified atom stereocenters. The van der Waals surface area contributed by atoms with E-state index in [-0.39, 0.29) is 12.1 Å². The molecule has 0 spiro atoms. The first-order chi connectivity index (χ1) is 11.8. The first-order valence-electron chi connectivity index (χ1n) is 8.78. The average molecular weight is 360 g/mol. The van der Waals surface area contributed by atoms with Crippen molar-refractivity contribution in [1.29, 1.82) is 0 Å². The first-order valence-corrected chi connectivity index (χ1v) is 8.78. The van der Waals surface area contributed by atoms with Gasteiger partial charge in [-0.3, -0.25) is 4.90 Å². The van der Waals surface area contributed by atoms with Crippen LogP contribution in [0.2, 0.25) is 0 Å². The molecule has 2 saturated heterocycles. The minimum Gasteiger partial charge on any atom is -0.387 e. The van der Waals surface area contributed by atoms with Crippen LogP contribution in [0.3, 0.4) is 0 Å². The molecule has 3 rings (SSSR count). The third-order valence-electron chi connectivity index (χ3n) is 5.13. The average Bonchev–Trinajstić information content (AvgIpc) is 3.00. The normalized spacial score (nSPS) is 26.3. The predicted octanol–water partition coefficient (Wildman–Crippen LogP) is 3.27. The third-order valence-corrected chi connectivity index (χ3v) is 5.13. The molecule has 2 heterocycles. The van der Waals surface area contributed by atoms with Crippen LogP contribution in [0.25, 0.3) is 0 Å². The van der Waals surface area contributed by atoms with Crippen LogP contribution in [-0.2, 0) is 12.7 Å². The lowest BCUT2D eigenvalue weighted by Crippen LogP contribution is -2.53. The van der Waals surface area contributed by atoms with E-state index in [4.69, 9.17) is 0 Å². The standard InChI is InChI=1S/C18H24F4N2O/c19-16-10-15(18(20,21)22)5-4-14(16)11-24-9-3-6-17(25,13-24)12-23-7-1-2-8-23/h4-5,10,25H,1-3,6-9,11-13H2/t17-/m1/s1. The molecule has 0 amide bonds. The quantitative estimate of drug-likeness (QED) is 0.835. The molecule has 0 bridgehead atoms. The fourth-order valence-corrected chi connectivity index (χ4v) is 3.92. The summed E-state index contributed by atoms with van der Waals surface area (Å²) >= 11 is 0. The van der Waals surface area contributed by atoms with Crippen molar-refractivity contribution in [1.82, 2.24) is 9.80 Å². The van der Waals surface area contributed by atoms with Gasteiger partial charge < -0.3 is 10.0 Å². The molecule has 0 aliphatic carbocycles. The molecular weight excluding hydrogens is 336 g/mol. The van der Waals surface area contributed by atoms with E-state index in [1.807, 2.05) is 4.90 Å². The van der Waals surface area contributed by atoms with Crippen LogP contribution in [0.1, 0.15) is 36.8 Å². The molecule has 1 atom stereocenters. The number of benzene rings is 1. The van der Waals surface area contributed by atoms with Crippen molar-refractivity contribution in [2.75, 3.05) is 32.7 Å². The molecule has 0 aromatic heterocycles. The molecule has 2 fully saturated rings. The van der Waals surface area contributed by atoms with Gasteiger partial charge in [0, 0.05) is 25.2 Å². The van der Waals surface area contributed by atoms with E-state index in [0.717, 1.165) is 38.4 Å². The van der Waals surface area contributed by atoms with Crippen molar-refractivity contribution in [2.45, 2.75) is 44.0 Å². The summed E-state index contributed by atoms with van der Waals surface area (Å²) in [6.45, 7) is 3.95. The Morgan fingerprint density at radius 2 is 1.72 bits per heavy atom. The fraction of sp³-hybridized carbons (Fsp3) is 0.667. The highest BCUT2D eigenvalue weighted by Gasteiger charge is 2.36. The van der Waals surface area contributed by atoms with Gasteiger partial charge in [-0.15, -0.1) is 0 Å². The van der Waals surface area contributed by atoms with Gasteiger partial charge >= 0.3 is 6.18 Å². The van der Waals surface area contributed by atoms with Gasteiger partial charge in [-0.25, -0.2) is 4.39 Å². The van der Waals surface area contributed by atoms with Gasteiger partial charge in [0.25, 0.3) is 0 Å². The lowest BCUT2D eigenvalue weighted by Gasteiger charge is -2.41. The van der Waals surface area contributed by atoms with E-state index < -0.39 is 23.2 Å². The summed E-state index contributed by atoms with van der Waals surface area (Å²) in [5.41, 5.74) is -1.57. The summed E-state index contributed by atoms with van der Waals surface area (Å²) < 4.78 is 52.0. The summed E-state index contributed by atoms with van der Waals surface area (Å²) in [6, 6.07) is 2.67. The number of hydrogen-bond acceptors (Lipinski definition) is 3. The van der Waals surface area contributed by atoms with Crippen molar-refractivity contribution >= 4 is 0 Å². The second-order valence-electron chi connectivity index (χ2n) is 7.33. The number of alkyl halides is 3. The van der Waals surface area contributed by atoms with Gasteiger partial charge in [0.2, 0.25) is 0 Å². The smallest absolute Gasteiger partial charge is 0.387 e. The van der Waals surface area contributed by atoms with Crippen LogP contribution in [-0.4, -0.2) is 53.2 Å². The topological polar surface area (TPSA) is 26.7 Å². The molecule has 0 radical (unpaired) electrons. The molecule has 25 heavy (non-hydrogen) atoms. The van der Waals surface area contributed by atoms with E-state index in [9.17, 15) is 22.7 Å². The molecule has 1 aromatic carbocycles. The van der Waals surface area contributed by atoms with E-state index in [1.165, 1.54) is 6.07 Å². The van der Waals surface area contributed by atoms with Gasteiger partial charge in [0.15, 0.2) is 0 Å². The highest BCUT2D eigenvalue weighted by Crippen LogP contribution is 2.31. The highest BCUT2D eigenvalue weighted by atomic mass is 19.4. The van der Waals surface area contributed by atoms with Gasteiger partial charge in [-0.1, -0.05) is 6.07 Å². The highest BCUT2D eigenvalue weighted by molar-refractivity contribution is 5.26. The predicted molar refractivity (Wildman–Crippen MR) is 86.5 cm³/mol. The van der Waals surface area contributed by atoms with Crippen LogP contribution in [0.4, 0.5) is 17.6 Å². The van der Waals surface area contributed by atoms with Gasteiger partial charge in [-0.2, -0.15) is 13.2 Å². The number of piperidine rings is 1. The number of nitrogens with zero attached hydrogens (tertiary/aromatic N) is 2. The van der Waals surface area contributed by atoms with Crippen molar-refractivity contribution in [3.05, 3.63) is 35.1 Å². The van der Waals surface area contributed by atoms with Gasteiger partial charge in [0.05, 0.1) is 11.2 Å². The van der Waals surface area contributed by atoms with Crippen molar-refractivity contribution in [3.63, 3.8) is 0 Å². The Morgan fingerprint density at radius 3 is 2.36 bits per heavy atom. The van der Waals surface area contributed by atoms with E-state index in [1.54, 1.807) is 0 Å². The molecule has 140 valence electrons. The van der Waals surface area contributed by atoms with Crippen LogP contribution in [0.5, 0.6) is 0 Å². The summed E-state index contributed by atoms with van der Waals surface area (Å²) in [5.74, 6) is -0.844. The monoisotopic (exact) mass is 360 g/mol. The number of rotatable bonds is 4. The Labute approximate surface area is 145 Å². The molecule has 1 N–H and O–H groups in total. The summed E-state index contributed by atoms with van der Waals surface area (Å²) in [4.78, 5) is 4.19. The number of hydrogen-bond donors (Lipinski definition) is 1. The number of halogens is 4. The molecular formula is C18H24F4N2O. The molecule has 1 aromatic rings. The third kappa shape index (κ3) is 4.71. The molecule has 7 heteroatoms. The maximum absolute atomic E-state index is 14.1. The van der Waals surface area contributed by atoms with Gasteiger partial charge in [0.1, 0.15) is 5.82 Å². The minimum atomic E-state index is -4.54. The SMILES string of the molecule is O[C@@]1(CN2CCCC2)CCCN(Cc2ccc(C(F)(F)F)cc2F)C1. The summed E-state index contributed by atoms with van der Waals surface area (Å²) in [6.07, 6.45) is -0.740. The fourth-order valence-electron chi connectivity index (χ4n) is 3.92. The Morgan fingerprint density at radius 1 is 1.04 bits per heavy atom. The zero-order valence-electron chi connectivity index (χ0n) is 14.2. The Bertz CT molecular complexity index is 601. The van der Waals surface area contributed by atoms with Crippen LogP contribution < -0.4 is 0 Å². The summed E-state index contributed by atoms with van der Waals surface area (Å²) in [7, 11) is 0. The lowest BCUT2D eigenvalue weighted by atomic mass is 9.92. The minimum absolute atomic E-state index is 0.215. The van der Waals surface area contributed by atoms with Crippen molar-refractivity contribution in [2.24, 2.45) is 0 Å². The Balaban J connectivity index is 1.64. The molecule has 3 nitrogen and oxygen atoms in total. The van der Waals surface area contributed by atoms with Crippen LogP contribution in [0.15, 0.2) is 18.2 Å². The lowest BCUT2D eigenvalue weighted by molar-refractivity contribution is -0.137. The maximum Gasteiger partial charge on any atom is 0.416 e. The van der Waals surface area contributed by atoms with Crippen molar-refractivity contribution < 1.29 is 22.7 Å². The number of aliphatic hydroxyl groups is 1. The summed E-state index contributed by atoms with van der Waals surface area (Å²) in [5, 5.41) is 10.9. The van der Waals surface area contributed by atoms with Crippen LogP contribution >= 0.6 is 0 Å². The molecule has 2 aliphatic heterocycles. The number of β-amino-alcohol motifs (C(OH)–C–C–N with tert-alkyl or cyclic N) is 1. The van der Waals surface area contributed by atoms with Crippen molar-refractivity contribution in [3.8, 4) is 0 Å². The Kier molecular flexibility index (Phi) is 5.37. The first kappa shape index (κ1) is 18.6. The zero-order chi connectivity index (χ0) is 18.1. The largest absolute Gasteiger partial charge is 0.416 e. The Hall–Kier alpha value is -1.18. The van der Waals surface area contributed by atoms with E-state index in [2.05, 4.69) is 4.90 Å². The van der Waals surface area contributed by atoms with E-state index in [0.29, 0.717) is 32.1 Å². The zero-order valence-corrected chi connectivity index (χ0v) is 14.2. The van der Waals surface area contributed by atoms with Crippen LogP contribution in [0, 0.1) is 5.82 Å². The second-order valence-corrected chi connectivity index (χ2v) is 7.33. The second kappa shape index (κ2) is 7.21.